The Morgan fingerprint density at radius 1 is 1.06 bits per heavy atom. The molecule has 2 aromatic heterocycles. The first kappa shape index (κ1) is 22.5. The minimum absolute atomic E-state index is 0.115. The fourth-order valence-corrected chi connectivity index (χ4v) is 4.85. The van der Waals surface area contributed by atoms with Crippen LogP contribution in [0.1, 0.15) is 49.9 Å². The van der Waals surface area contributed by atoms with Crippen molar-refractivity contribution in [3.63, 3.8) is 0 Å². The van der Waals surface area contributed by atoms with Crippen molar-refractivity contribution in [2.24, 2.45) is 0 Å². The van der Waals surface area contributed by atoms with E-state index in [-0.39, 0.29) is 30.2 Å². The van der Waals surface area contributed by atoms with Crippen LogP contribution in [0.25, 0.3) is 11.0 Å². The molecule has 0 saturated carbocycles. The van der Waals surface area contributed by atoms with E-state index in [0.29, 0.717) is 31.5 Å². The highest BCUT2D eigenvalue weighted by atomic mass is 16.5. The lowest BCUT2D eigenvalue weighted by molar-refractivity contribution is -0.132. The number of piperidine rings is 1. The second-order valence-corrected chi connectivity index (χ2v) is 9.88. The summed E-state index contributed by atoms with van der Waals surface area (Å²) in [5.41, 5.74) is 1.48. The van der Waals surface area contributed by atoms with Gasteiger partial charge < -0.3 is 9.64 Å². The molecule has 1 amide bonds. The number of hydrogen-bond donors (Lipinski definition) is 0. The van der Waals surface area contributed by atoms with Crippen molar-refractivity contribution < 1.29 is 9.53 Å². The molecular weight excluding hydrogens is 432 g/mol. The third kappa shape index (κ3) is 4.30. The van der Waals surface area contributed by atoms with Crippen molar-refractivity contribution in [2.75, 3.05) is 13.1 Å². The van der Waals surface area contributed by atoms with E-state index in [1.165, 1.54) is 9.13 Å². The van der Waals surface area contributed by atoms with Gasteiger partial charge in [0.15, 0.2) is 0 Å². The van der Waals surface area contributed by atoms with Crippen LogP contribution in [0, 0.1) is 0 Å². The van der Waals surface area contributed by atoms with Gasteiger partial charge in [0.25, 0.3) is 5.56 Å². The molecule has 8 heteroatoms. The zero-order chi connectivity index (χ0) is 23.9. The van der Waals surface area contributed by atoms with E-state index >= 15 is 0 Å². The summed E-state index contributed by atoms with van der Waals surface area (Å²) in [5.74, 6) is -0.115. The molecule has 3 aromatic rings. The van der Waals surface area contributed by atoms with Gasteiger partial charge in [-0.1, -0.05) is 30.3 Å². The molecular formula is C26H30N4O4. The Morgan fingerprint density at radius 2 is 1.79 bits per heavy atom. The van der Waals surface area contributed by atoms with Crippen molar-refractivity contribution in [2.45, 2.75) is 64.8 Å². The zero-order valence-corrected chi connectivity index (χ0v) is 19.7. The number of ether oxygens (including phenoxy) is 1. The van der Waals surface area contributed by atoms with Gasteiger partial charge in [0, 0.05) is 25.1 Å². The van der Waals surface area contributed by atoms with Gasteiger partial charge in [-0.3, -0.25) is 18.7 Å². The number of rotatable bonds is 4. The number of nitrogens with zero attached hydrogens (tertiary/aromatic N) is 4. The van der Waals surface area contributed by atoms with Crippen molar-refractivity contribution >= 4 is 16.9 Å². The van der Waals surface area contributed by atoms with E-state index in [2.05, 4.69) is 0 Å². The summed E-state index contributed by atoms with van der Waals surface area (Å²) >= 11 is 0. The third-order valence-electron chi connectivity index (χ3n) is 6.76. The van der Waals surface area contributed by atoms with E-state index in [1.807, 2.05) is 49.1 Å². The number of amides is 1. The molecule has 178 valence electrons. The number of hydrogen-bond acceptors (Lipinski definition) is 5. The molecule has 1 fully saturated rings. The summed E-state index contributed by atoms with van der Waals surface area (Å²) in [6.45, 7) is 5.74. The van der Waals surface area contributed by atoms with E-state index in [1.54, 1.807) is 6.07 Å². The molecule has 4 heterocycles. The predicted molar refractivity (Wildman–Crippen MR) is 129 cm³/mol. The molecule has 0 N–H and O–H groups in total. The van der Waals surface area contributed by atoms with Gasteiger partial charge in [0.05, 0.1) is 29.8 Å². The summed E-state index contributed by atoms with van der Waals surface area (Å²) in [6.07, 6.45) is 3.62. The molecule has 8 nitrogen and oxygen atoms in total. The first-order valence-electron chi connectivity index (χ1n) is 11.9. The Labute approximate surface area is 197 Å². The fourth-order valence-electron chi connectivity index (χ4n) is 4.85. The van der Waals surface area contributed by atoms with Crippen LogP contribution < -0.4 is 11.2 Å². The van der Waals surface area contributed by atoms with Gasteiger partial charge in [0.2, 0.25) is 5.91 Å². The first-order chi connectivity index (χ1) is 16.3. The highest BCUT2D eigenvalue weighted by Crippen LogP contribution is 2.28. The van der Waals surface area contributed by atoms with Crippen LogP contribution in [0.15, 0.2) is 46.0 Å². The number of benzene rings is 1. The number of pyridine rings is 1. The van der Waals surface area contributed by atoms with Crippen molar-refractivity contribution in [1.29, 1.82) is 0 Å². The number of aromatic nitrogens is 3. The van der Waals surface area contributed by atoms with Crippen LogP contribution in [-0.4, -0.2) is 43.6 Å². The monoisotopic (exact) mass is 462 g/mol. The smallest absolute Gasteiger partial charge is 0.333 e. The van der Waals surface area contributed by atoms with Gasteiger partial charge in [-0.25, -0.2) is 9.78 Å². The third-order valence-corrected chi connectivity index (χ3v) is 6.76. The predicted octanol–water partition coefficient (Wildman–Crippen LogP) is 2.47. The molecule has 2 aliphatic rings. The molecule has 0 bridgehead atoms. The molecule has 0 unspecified atom stereocenters. The second-order valence-electron chi connectivity index (χ2n) is 9.88. The van der Waals surface area contributed by atoms with Gasteiger partial charge in [-0.15, -0.1) is 0 Å². The van der Waals surface area contributed by atoms with E-state index in [4.69, 9.17) is 9.72 Å². The highest BCUT2D eigenvalue weighted by molar-refractivity contribution is 5.80. The molecule has 0 radical (unpaired) electrons. The Balaban J connectivity index is 1.66. The molecule has 0 spiro atoms. The van der Waals surface area contributed by atoms with Gasteiger partial charge in [-0.05, 0) is 44.7 Å². The van der Waals surface area contributed by atoms with Crippen LogP contribution in [0.3, 0.4) is 0 Å². The van der Waals surface area contributed by atoms with E-state index in [9.17, 15) is 14.4 Å². The largest absolute Gasteiger partial charge is 0.370 e. The Hall–Kier alpha value is -3.26. The summed E-state index contributed by atoms with van der Waals surface area (Å²) in [6, 6.07) is 11.2. The maximum Gasteiger partial charge on any atom is 0.333 e. The molecule has 0 aliphatic carbocycles. The number of likely N-dealkylation sites (tertiary alicyclic amines) is 1. The van der Waals surface area contributed by atoms with Crippen LogP contribution in [0.4, 0.5) is 0 Å². The average molecular weight is 463 g/mol. The highest BCUT2D eigenvalue weighted by Gasteiger charge is 2.29. The van der Waals surface area contributed by atoms with Crippen LogP contribution in [0.5, 0.6) is 0 Å². The maximum atomic E-state index is 13.6. The van der Waals surface area contributed by atoms with Gasteiger partial charge in [0.1, 0.15) is 12.2 Å². The minimum Gasteiger partial charge on any atom is -0.370 e. The van der Waals surface area contributed by atoms with Gasteiger partial charge >= 0.3 is 5.69 Å². The molecule has 2 aliphatic heterocycles. The lowest BCUT2D eigenvalue weighted by Gasteiger charge is -2.31. The van der Waals surface area contributed by atoms with E-state index < -0.39 is 11.2 Å². The van der Waals surface area contributed by atoms with E-state index in [0.717, 1.165) is 36.1 Å². The van der Waals surface area contributed by atoms with Crippen molar-refractivity contribution in [3.05, 3.63) is 74.1 Å². The van der Waals surface area contributed by atoms with Gasteiger partial charge in [-0.2, -0.15) is 0 Å². The summed E-state index contributed by atoms with van der Waals surface area (Å²) in [5, 5.41) is 0.337. The summed E-state index contributed by atoms with van der Waals surface area (Å²) in [4.78, 5) is 46.8. The molecule has 5 rings (SSSR count). The van der Waals surface area contributed by atoms with Crippen LogP contribution in [0.2, 0.25) is 0 Å². The minimum atomic E-state index is -0.509. The molecule has 1 aromatic carbocycles. The fraction of sp³-hybridized carbons (Fsp3) is 0.462. The lowest BCUT2D eigenvalue weighted by Crippen LogP contribution is -2.45. The quantitative estimate of drug-likeness (QED) is 0.595. The van der Waals surface area contributed by atoms with Crippen molar-refractivity contribution in [3.8, 4) is 0 Å². The van der Waals surface area contributed by atoms with Crippen molar-refractivity contribution in [1.82, 2.24) is 19.0 Å². The topological polar surface area (TPSA) is 86.4 Å². The first-order valence-corrected chi connectivity index (χ1v) is 11.9. The molecule has 0 atom stereocenters. The second kappa shape index (κ2) is 8.83. The molecule has 1 saturated heterocycles. The Morgan fingerprint density at radius 3 is 2.53 bits per heavy atom. The Kier molecular flexibility index (Phi) is 5.85. The van der Waals surface area contributed by atoms with Crippen LogP contribution in [-0.2, 0) is 35.6 Å². The molecule has 34 heavy (non-hydrogen) atoms. The summed E-state index contributed by atoms with van der Waals surface area (Å²) < 4.78 is 8.53. The maximum absolute atomic E-state index is 13.6. The number of carbonyl (C=O) groups excluding carboxylic acids is 1. The normalized spacial score (nSPS) is 17.5. The standard InChI is InChI=1S/C26H30N4O4/c1-26(2)14-21-19(17-34-26)13-20-23(27-21)29(16-22(31)28-11-7-4-8-12-28)25(33)30(24(20)32)15-18-9-5-3-6-10-18/h3,5-6,9-10,13H,4,7-8,11-12,14-17H2,1-2H3. The summed E-state index contributed by atoms with van der Waals surface area (Å²) in [7, 11) is 0. The average Bonchev–Trinajstić information content (AvgIpc) is 2.84. The SMILES string of the molecule is CC1(C)Cc2nc3c(cc2CO1)c(=O)n(Cc1ccccc1)c(=O)n3CC(=O)N1CCCCC1. The van der Waals surface area contributed by atoms with Crippen LogP contribution >= 0.6 is 0 Å². The Bertz CT molecular complexity index is 1350. The lowest BCUT2D eigenvalue weighted by atomic mass is 9.95. The zero-order valence-electron chi connectivity index (χ0n) is 19.7. The number of fused-ring (bicyclic) bond motifs is 2. The number of carbonyl (C=O) groups is 1.